The Morgan fingerprint density at radius 3 is 2.33 bits per heavy atom. The summed E-state index contributed by atoms with van der Waals surface area (Å²) in [5.41, 5.74) is 6.60. The highest BCUT2D eigenvalue weighted by Gasteiger charge is 2.21. The number of carbonyl (C=O) groups excluding carboxylic acids is 2. The summed E-state index contributed by atoms with van der Waals surface area (Å²) in [7, 11) is 0. The van der Waals surface area contributed by atoms with E-state index in [9.17, 15) is 9.59 Å². The topological polar surface area (TPSA) is 67.4 Å². The van der Waals surface area contributed by atoms with Gasteiger partial charge in [-0.25, -0.2) is 0 Å². The van der Waals surface area contributed by atoms with Crippen molar-refractivity contribution in [3.63, 3.8) is 0 Å². The Bertz CT molecular complexity index is 775. The molecule has 1 heterocycles. The average Bonchev–Trinajstić information content (AvgIpc) is 2.72. The molecule has 5 nitrogen and oxygen atoms in total. The van der Waals surface area contributed by atoms with Crippen LogP contribution in [0, 0.1) is 5.92 Å². The van der Waals surface area contributed by atoms with Crippen LogP contribution in [-0.4, -0.2) is 25.0 Å². The van der Waals surface area contributed by atoms with Crippen LogP contribution in [0.1, 0.15) is 28.8 Å². The number of ether oxygens (including phenoxy) is 1. The second-order valence-electron chi connectivity index (χ2n) is 6.27. The second kappa shape index (κ2) is 9.78. The largest absolute Gasteiger partial charge is 0.381 e. The van der Waals surface area contributed by atoms with E-state index >= 15 is 0 Å². The summed E-state index contributed by atoms with van der Waals surface area (Å²) in [6.07, 6.45) is 1.36. The van der Waals surface area contributed by atoms with Gasteiger partial charge in [0.15, 0.2) is 0 Å². The molecule has 2 amide bonds. The third-order valence-electron chi connectivity index (χ3n) is 4.33. The molecule has 0 aromatic heterocycles. The summed E-state index contributed by atoms with van der Waals surface area (Å²) in [6.45, 7) is 1.17. The molecule has 2 aromatic rings. The molecule has 1 fully saturated rings. The molecule has 142 valence electrons. The summed E-state index contributed by atoms with van der Waals surface area (Å²) < 4.78 is 5.23. The molecular formula is C20H21ClN2O3S. The first-order valence-corrected chi connectivity index (χ1v) is 10.1. The smallest absolute Gasteiger partial charge is 0.269 e. The Morgan fingerprint density at radius 2 is 1.67 bits per heavy atom. The van der Waals surface area contributed by atoms with Crippen molar-refractivity contribution in [2.75, 3.05) is 13.2 Å². The zero-order valence-corrected chi connectivity index (χ0v) is 16.3. The first kappa shape index (κ1) is 19.7. The van der Waals surface area contributed by atoms with Gasteiger partial charge >= 0.3 is 0 Å². The van der Waals surface area contributed by atoms with E-state index in [-0.39, 0.29) is 17.7 Å². The predicted molar refractivity (Wildman–Crippen MR) is 107 cm³/mol. The van der Waals surface area contributed by atoms with Gasteiger partial charge in [0.25, 0.3) is 5.91 Å². The van der Waals surface area contributed by atoms with Crippen LogP contribution in [0.2, 0.25) is 5.02 Å². The van der Waals surface area contributed by atoms with Gasteiger partial charge in [0.05, 0.1) is 0 Å². The number of carbonyl (C=O) groups is 2. The highest BCUT2D eigenvalue weighted by molar-refractivity contribution is 7.98. The number of rotatable bonds is 5. The number of thioether (sulfide) groups is 1. The molecule has 0 radical (unpaired) electrons. The van der Waals surface area contributed by atoms with E-state index in [2.05, 4.69) is 10.9 Å². The molecule has 0 unspecified atom stereocenters. The number of halogens is 1. The normalized spacial score (nSPS) is 14.6. The maximum Gasteiger partial charge on any atom is 0.269 e. The van der Waals surface area contributed by atoms with Crippen molar-refractivity contribution in [2.45, 2.75) is 23.5 Å². The SMILES string of the molecule is O=C(NNC(=O)C1CCOCC1)c1ccc(CSc2ccc(Cl)cc2)cc1. The maximum absolute atomic E-state index is 12.2. The Balaban J connectivity index is 1.46. The van der Waals surface area contributed by atoms with Gasteiger partial charge in [-0.2, -0.15) is 0 Å². The van der Waals surface area contributed by atoms with E-state index in [1.54, 1.807) is 23.9 Å². The van der Waals surface area contributed by atoms with Crippen molar-refractivity contribution in [3.8, 4) is 0 Å². The van der Waals surface area contributed by atoms with Gasteiger partial charge < -0.3 is 4.74 Å². The molecule has 0 spiro atoms. The van der Waals surface area contributed by atoms with Crippen LogP contribution in [0.4, 0.5) is 0 Å². The van der Waals surface area contributed by atoms with E-state index in [4.69, 9.17) is 16.3 Å². The van der Waals surface area contributed by atoms with Crippen molar-refractivity contribution in [1.29, 1.82) is 0 Å². The van der Waals surface area contributed by atoms with Gasteiger partial charge in [-0.15, -0.1) is 11.8 Å². The Labute approximate surface area is 167 Å². The van der Waals surface area contributed by atoms with Crippen LogP contribution >= 0.6 is 23.4 Å². The lowest BCUT2D eigenvalue weighted by atomic mass is 10.00. The van der Waals surface area contributed by atoms with Gasteiger partial charge in [0, 0.05) is 40.4 Å². The molecule has 0 saturated carbocycles. The maximum atomic E-state index is 12.2. The molecule has 2 aromatic carbocycles. The van der Waals surface area contributed by atoms with Crippen LogP contribution in [0.5, 0.6) is 0 Å². The minimum absolute atomic E-state index is 0.105. The number of hydrazine groups is 1. The Kier molecular flexibility index (Phi) is 7.15. The van der Waals surface area contributed by atoms with E-state index in [0.29, 0.717) is 31.6 Å². The van der Waals surface area contributed by atoms with Gasteiger partial charge in [0.2, 0.25) is 5.91 Å². The van der Waals surface area contributed by atoms with Gasteiger partial charge in [-0.3, -0.25) is 20.4 Å². The fourth-order valence-corrected chi connectivity index (χ4v) is 3.68. The number of amides is 2. The number of benzene rings is 2. The first-order chi connectivity index (χ1) is 13.1. The Hall–Kier alpha value is -2.02. The van der Waals surface area contributed by atoms with Crippen LogP contribution in [0.15, 0.2) is 53.4 Å². The van der Waals surface area contributed by atoms with Gasteiger partial charge in [-0.1, -0.05) is 23.7 Å². The van der Waals surface area contributed by atoms with Crippen LogP contribution in [0.25, 0.3) is 0 Å². The van der Waals surface area contributed by atoms with Crippen LogP contribution < -0.4 is 10.9 Å². The minimum atomic E-state index is -0.327. The highest BCUT2D eigenvalue weighted by Crippen LogP contribution is 2.24. The summed E-state index contributed by atoms with van der Waals surface area (Å²) in [5.74, 6) is 0.200. The average molecular weight is 405 g/mol. The van der Waals surface area contributed by atoms with Crippen LogP contribution in [0.3, 0.4) is 0 Å². The molecule has 0 bridgehead atoms. The monoisotopic (exact) mass is 404 g/mol. The second-order valence-corrected chi connectivity index (χ2v) is 7.75. The highest BCUT2D eigenvalue weighted by atomic mass is 35.5. The molecule has 1 aliphatic rings. The molecular weight excluding hydrogens is 384 g/mol. The van der Waals surface area contributed by atoms with E-state index in [0.717, 1.165) is 21.2 Å². The summed E-state index contributed by atoms with van der Waals surface area (Å²) in [5, 5.41) is 0.721. The summed E-state index contributed by atoms with van der Waals surface area (Å²) in [4.78, 5) is 25.4. The quantitative estimate of drug-likeness (QED) is 0.587. The summed E-state index contributed by atoms with van der Waals surface area (Å²) in [6, 6.07) is 15.0. The van der Waals surface area contributed by atoms with Crippen molar-refractivity contribution in [3.05, 3.63) is 64.7 Å². The number of hydrogen-bond acceptors (Lipinski definition) is 4. The van der Waals surface area contributed by atoms with Crippen molar-refractivity contribution in [2.24, 2.45) is 5.92 Å². The lowest BCUT2D eigenvalue weighted by molar-refractivity contribution is -0.128. The molecule has 7 heteroatoms. The van der Waals surface area contributed by atoms with Gasteiger partial charge in [0.1, 0.15) is 0 Å². The first-order valence-electron chi connectivity index (χ1n) is 8.77. The van der Waals surface area contributed by atoms with Crippen molar-refractivity contribution >= 4 is 35.2 Å². The zero-order chi connectivity index (χ0) is 19.1. The van der Waals surface area contributed by atoms with Gasteiger partial charge in [-0.05, 0) is 54.8 Å². The lowest BCUT2D eigenvalue weighted by Crippen LogP contribution is -2.45. The van der Waals surface area contributed by atoms with E-state index in [1.807, 2.05) is 36.4 Å². The Morgan fingerprint density at radius 1 is 1.00 bits per heavy atom. The molecule has 2 N–H and O–H groups in total. The fraction of sp³-hybridized carbons (Fsp3) is 0.300. The third kappa shape index (κ3) is 5.99. The molecule has 27 heavy (non-hydrogen) atoms. The molecule has 0 atom stereocenters. The van der Waals surface area contributed by atoms with Crippen LogP contribution in [-0.2, 0) is 15.3 Å². The van der Waals surface area contributed by atoms with E-state index < -0.39 is 0 Å². The standard InChI is InChI=1S/C20H21ClN2O3S/c21-17-5-7-18(8-6-17)27-13-14-1-3-15(4-2-14)19(24)22-23-20(25)16-9-11-26-12-10-16/h1-8,16H,9-13H2,(H,22,24)(H,23,25). The minimum Gasteiger partial charge on any atom is -0.381 e. The van der Waals surface area contributed by atoms with Crippen molar-refractivity contribution < 1.29 is 14.3 Å². The molecule has 1 aliphatic heterocycles. The number of nitrogens with one attached hydrogen (secondary N) is 2. The summed E-state index contributed by atoms with van der Waals surface area (Å²) >= 11 is 7.59. The lowest BCUT2D eigenvalue weighted by Gasteiger charge is -2.21. The third-order valence-corrected chi connectivity index (χ3v) is 5.66. The van der Waals surface area contributed by atoms with E-state index in [1.165, 1.54) is 0 Å². The zero-order valence-electron chi connectivity index (χ0n) is 14.7. The predicted octanol–water partition coefficient (Wildman–Crippen LogP) is 3.82. The fourth-order valence-electron chi connectivity index (χ4n) is 2.70. The molecule has 0 aliphatic carbocycles. The van der Waals surface area contributed by atoms with Crippen molar-refractivity contribution in [1.82, 2.24) is 10.9 Å². The molecule has 1 saturated heterocycles. The molecule has 3 rings (SSSR count). The number of hydrogen-bond donors (Lipinski definition) is 2.